The monoisotopic (exact) mass is 429 g/mol. The van der Waals surface area contributed by atoms with E-state index in [1.807, 2.05) is 0 Å². The van der Waals surface area contributed by atoms with Crippen molar-refractivity contribution in [2.75, 3.05) is 40.5 Å². The topological polar surface area (TPSA) is 147 Å². The van der Waals surface area contributed by atoms with Crippen molar-refractivity contribution in [2.24, 2.45) is 5.16 Å². The van der Waals surface area contributed by atoms with Crippen molar-refractivity contribution in [3.05, 3.63) is 0 Å². The number of oxime groups is 1. The number of methoxy groups -OCH3 is 1. The minimum absolute atomic E-state index is 0.0143. The fourth-order valence-corrected chi connectivity index (χ4v) is 2.34. The summed E-state index contributed by atoms with van der Waals surface area (Å²) in [6.45, 7) is 3.08. The molecule has 0 saturated heterocycles. The normalized spacial score (nSPS) is 11.6. The van der Waals surface area contributed by atoms with Gasteiger partial charge in [-0.05, 0) is 25.7 Å². The van der Waals surface area contributed by atoms with Gasteiger partial charge in [0.25, 0.3) is 0 Å². The summed E-state index contributed by atoms with van der Waals surface area (Å²) in [5.41, 5.74) is 0. The zero-order valence-electron chi connectivity index (χ0n) is 18.1. The smallest absolute Gasteiger partial charge is 0.242 e. The largest absolute Gasteiger partial charge is 0.396 e. The van der Waals surface area contributed by atoms with Crippen LogP contribution in [0.1, 0.15) is 45.4 Å². The average Bonchev–Trinajstić information content (AvgIpc) is 2.71. The van der Waals surface area contributed by atoms with Crippen molar-refractivity contribution in [1.82, 2.24) is 21.3 Å². The number of carbonyl (C=O) groups excluding carboxylic acids is 4. The summed E-state index contributed by atoms with van der Waals surface area (Å²) in [7, 11) is 3.07. The number of unbranched alkanes of at least 4 members (excludes halogenated alkanes) is 1. The second kappa shape index (κ2) is 18.3. The molecular formula is C19H35N5O6. The van der Waals surface area contributed by atoms with Crippen molar-refractivity contribution in [1.29, 1.82) is 0 Å². The second-order valence-electron chi connectivity index (χ2n) is 6.48. The Labute approximate surface area is 177 Å². The number of nitrogens with one attached hydrogen (secondary N) is 4. The van der Waals surface area contributed by atoms with Crippen LogP contribution in [0.5, 0.6) is 0 Å². The molecular weight excluding hydrogens is 394 g/mol. The average molecular weight is 430 g/mol. The zero-order chi connectivity index (χ0) is 22.6. The maximum absolute atomic E-state index is 11.8. The first-order chi connectivity index (χ1) is 14.4. The van der Waals surface area contributed by atoms with E-state index in [4.69, 9.17) is 9.57 Å². The van der Waals surface area contributed by atoms with Gasteiger partial charge in [-0.1, -0.05) is 5.16 Å². The fraction of sp³-hybridized carbons (Fsp3) is 0.737. The summed E-state index contributed by atoms with van der Waals surface area (Å²) >= 11 is 0. The number of carbonyl (C=O) groups is 4. The number of likely N-dealkylation sites (N-methyl/N-ethyl adjacent to an activating group) is 1. The minimum Gasteiger partial charge on any atom is -0.396 e. The highest BCUT2D eigenvalue weighted by molar-refractivity contribution is 5.87. The molecule has 0 fully saturated rings. The Kier molecular flexibility index (Phi) is 16.7. The van der Waals surface area contributed by atoms with Gasteiger partial charge in [0.2, 0.25) is 23.6 Å². The van der Waals surface area contributed by atoms with Gasteiger partial charge in [0.05, 0.1) is 12.8 Å². The standard InChI is InChI=1S/C19H35N5O6/c1-15(25)24-16(19(28)20-2)8-9-18(27)22-11-12-23-30-14-5-4-10-21-17(26)7-6-13-29-3/h12,16H,4-11,13-14H2,1-3H3,(H,20,28)(H,21,26)(H,22,27)(H,24,25)/b23-12+/t16-/m0/s1. The van der Waals surface area contributed by atoms with Crippen molar-refractivity contribution in [2.45, 2.75) is 51.5 Å². The molecule has 11 nitrogen and oxygen atoms in total. The highest BCUT2D eigenvalue weighted by Gasteiger charge is 2.19. The molecule has 4 amide bonds. The Bertz CT molecular complexity index is 556. The molecule has 11 heteroatoms. The lowest BCUT2D eigenvalue weighted by atomic mass is 10.1. The van der Waals surface area contributed by atoms with Crippen LogP contribution in [0.3, 0.4) is 0 Å². The lowest BCUT2D eigenvalue weighted by Crippen LogP contribution is -2.45. The van der Waals surface area contributed by atoms with Crippen molar-refractivity contribution in [3.8, 4) is 0 Å². The Morgan fingerprint density at radius 1 is 1.00 bits per heavy atom. The number of hydrogen-bond donors (Lipinski definition) is 4. The van der Waals surface area contributed by atoms with Crippen LogP contribution < -0.4 is 21.3 Å². The summed E-state index contributed by atoms with van der Waals surface area (Å²) in [6, 6.07) is -0.745. The highest BCUT2D eigenvalue weighted by atomic mass is 16.6. The van der Waals surface area contributed by atoms with Crippen LogP contribution in [0.25, 0.3) is 0 Å². The molecule has 0 spiro atoms. The van der Waals surface area contributed by atoms with E-state index in [0.29, 0.717) is 32.6 Å². The van der Waals surface area contributed by atoms with Gasteiger partial charge in [-0.3, -0.25) is 19.2 Å². The van der Waals surface area contributed by atoms with E-state index >= 15 is 0 Å². The van der Waals surface area contributed by atoms with Gasteiger partial charge in [0, 0.05) is 47.1 Å². The first-order valence-electron chi connectivity index (χ1n) is 10.1. The Hall–Kier alpha value is -2.69. The summed E-state index contributed by atoms with van der Waals surface area (Å²) in [4.78, 5) is 51.1. The lowest BCUT2D eigenvalue weighted by Gasteiger charge is -2.15. The van der Waals surface area contributed by atoms with Crippen LogP contribution >= 0.6 is 0 Å². The third kappa shape index (κ3) is 16.3. The molecule has 30 heavy (non-hydrogen) atoms. The van der Waals surface area contributed by atoms with Crippen LogP contribution in [0, 0.1) is 0 Å². The third-order valence-electron chi connectivity index (χ3n) is 3.88. The van der Waals surface area contributed by atoms with E-state index < -0.39 is 6.04 Å². The van der Waals surface area contributed by atoms with Crippen LogP contribution in [-0.2, 0) is 28.8 Å². The van der Waals surface area contributed by atoms with Gasteiger partial charge < -0.3 is 30.8 Å². The Morgan fingerprint density at radius 2 is 1.73 bits per heavy atom. The predicted octanol–water partition coefficient (Wildman–Crippen LogP) is -0.541. The molecule has 4 N–H and O–H groups in total. The SMILES string of the molecule is CNC(=O)[C@H](CCC(=O)NC/C=N/OCCCCNC(=O)CCCOC)NC(C)=O. The molecule has 0 saturated carbocycles. The molecule has 0 aliphatic rings. The molecule has 0 radical (unpaired) electrons. The van der Waals surface area contributed by atoms with Crippen LogP contribution in [-0.4, -0.2) is 76.3 Å². The molecule has 0 aliphatic carbocycles. The van der Waals surface area contributed by atoms with Crippen LogP contribution in [0.15, 0.2) is 5.16 Å². The number of amides is 4. The molecule has 0 aromatic carbocycles. The molecule has 0 aromatic rings. The molecule has 0 bridgehead atoms. The molecule has 172 valence electrons. The Morgan fingerprint density at radius 3 is 2.40 bits per heavy atom. The van der Waals surface area contributed by atoms with Crippen LogP contribution in [0.2, 0.25) is 0 Å². The number of ether oxygens (including phenoxy) is 1. The highest BCUT2D eigenvalue weighted by Crippen LogP contribution is 1.98. The van der Waals surface area contributed by atoms with E-state index in [1.54, 1.807) is 7.11 Å². The summed E-state index contributed by atoms with van der Waals surface area (Å²) in [5, 5.41) is 14.1. The Balaban J connectivity index is 3.71. The predicted molar refractivity (Wildman–Crippen MR) is 112 cm³/mol. The maximum Gasteiger partial charge on any atom is 0.242 e. The zero-order valence-corrected chi connectivity index (χ0v) is 18.1. The van der Waals surface area contributed by atoms with E-state index in [0.717, 1.165) is 12.8 Å². The van der Waals surface area contributed by atoms with Gasteiger partial charge in [0.15, 0.2) is 0 Å². The molecule has 0 aromatic heterocycles. The van der Waals surface area contributed by atoms with Gasteiger partial charge in [0.1, 0.15) is 12.6 Å². The number of rotatable bonds is 17. The fourth-order valence-electron chi connectivity index (χ4n) is 2.34. The maximum atomic E-state index is 11.8. The molecule has 0 unspecified atom stereocenters. The summed E-state index contributed by atoms with van der Waals surface area (Å²) in [6.07, 6.45) is 4.40. The van der Waals surface area contributed by atoms with E-state index in [-0.39, 0.29) is 43.0 Å². The lowest BCUT2D eigenvalue weighted by molar-refractivity contribution is -0.128. The molecule has 0 heterocycles. The molecule has 0 rings (SSSR count). The van der Waals surface area contributed by atoms with Crippen LogP contribution in [0.4, 0.5) is 0 Å². The van der Waals surface area contributed by atoms with E-state index in [2.05, 4.69) is 26.4 Å². The van der Waals surface area contributed by atoms with Gasteiger partial charge >= 0.3 is 0 Å². The minimum atomic E-state index is -0.745. The summed E-state index contributed by atoms with van der Waals surface area (Å²) < 4.78 is 4.89. The second-order valence-corrected chi connectivity index (χ2v) is 6.48. The quantitative estimate of drug-likeness (QED) is 0.139. The number of nitrogens with zero attached hydrogens (tertiary/aromatic N) is 1. The van der Waals surface area contributed by atoms with Gasteiger partial charge in [-0.25, -0.2) is 0 Å². The first-order valence-corrected chi connectivity index (χ1v) is 10.1. The van der Waals surface area contributed by atoms with Gasteiger partial charge in [-0.15, -0.1) is 0 Å². The van der Waals surface area contributed by atoms with Crippen molar-refractivity contribution in [3.63, 3.8) is 0 Å². The molecule has 0 aliphatic heterocycles. The van der Waals surface area contributed by atoms with Gasteiger partial charge in [-0.2, -0.15) is 0 Å². The third-order valence-corrected chi connectivity index (χ3v) is 3.88. The van der Waals surface area contributed by atoms with Crippen molar-refractivity contribution >= 4 is 29.8 Å². The van der Waals surface area contributed by atoms with E-state index in [9.17, 15) is 19.2 Å². The first kappa shape index (κ1) is 27.3. The number of hydrogen-bond acceptors (Lipinski definition) is 7. The molecule has 1 atom stereocenters. The van der Waals surface area contributed by atoms with E-state index in [1.165, 1.54) is 20.2 Å². The van der Waals surface area contributed by atoms with Crippen molar-refractivity contribution < 1.29 is 28.8 Å². The summed E-state index contributed by atoms with van der Waals surface area (Å²) in [5.74, 6) is -0.932.